The molecule has 3 aliphatic heterocycles. The quantitative estimate of drug-likeness (QED) is 0.465. The van der Waals surface area contributed by atoms with Crippen LogP contribution in [0.2, 0.25) is 10.0 Å². The van der Waals surface area contributed by atoms with Crippen molar-refractivity contribution < 1.29 is 31.1 Å². The molecule has 0 saturated carbocycles. The van der Waals surface area contributed by atoms with E-state index in [2.05, 4.69) is 16.8 Å². The third kappa shape index (κ3) is 7.38. The lowest BCUT2D eigenvalue weighted by molar-refractivity contribution is -0.139. The first-order chi connectivity index (χ1) is 18.4. The Labute approximate surface area is 238 Å². The summed E-state index contributed by atoms with van der Waals surface area (Å²) in [7, 11) is -2.18. The second-order valence-corrected chi connectivity index (χ2v) is 13.1. The number of sulfonamides is 1. The van der Waals surface area contributed by atoms with Gasteiger partial charge in [0.1, 0.15) is 11.5 Å². The molecule has 8 nitrogen and oxygen atoms in total. The molecule has 0 aromatic heterocycles. The number of nitrogens with zero attached hydrogens (tertiary/aromatic N) is 4. The van der Waals surface area contributed by atoms with Gasteiger partial charge in [0, 0.05) is 44.8 Å². The number of alkyl halides is 3. The topological polar surface area (TPSA) is 73.4 Å². The van der Waals surface area contributed by atoms with E-state index in [1.54, 1.807) is 4.90 Å². The fourth-order valence-electron chi connectivity index (χ4n) is 5.61. The van der Waals surface area contributed by atoms with Crippen LogP contribution in [0.5, 0.6) is 0 Å². The Kier molecular flexibility index (Phi) is 10.1. The number of rotatable bonds is 7. The summed E-state index contributed by atoms with van der Waals surface area (Å²) in [6, 6.07) is 1.11. The Bertz CT molecular complexity index is 1100. The summed E-state index contributed by atoms with van der Waals surface area (Å²) in [5.74, 6) is -0.142. The Morgan fingerprint density at radius 1 is 0.974 bits per heavy atom. The molecule has 0 bridgehead atoms. The minimum absolute atomic E-state index is 0.0175. The van der Waals surface area contributed by atoms with E-state index < -0.39 is 42.7 Å². The predicted octanol–water partition coefficient (Wildman–Crippen LogP) is 3.81. The zero-order chi connectivity index (χ0) is 28.4. The highest BCUT2D eigenvalue weighted by molar-refractivity contribution is 7.89. The molecular weight excluding hydrogens is 580 g/mol. The van der Waals surface area contributed by atoms with Gasteiger partial charge in [0.15, 0.2) is 0 Å². The molecule has 4 rings (SSSR count). The lowest BCUT2D eigenvalue weighted by Gasteiger charge is -2.42. The third-order valence-electron chi connectivity index (χ3n) is 7.87. The number of ether oxygens (including phenoxy) is 1. The second-order valence-electron chi connectivity index (χ2n) is 10.5. The first-order valence-corrected chi connectivity index (χ1v) is 15.4. The van der Waals surface area contributed by atoms with Gasteiger partial charge in [-0.15, -0.1) is 0 Å². The summed E-state index contributed by atoms with van der Waals surface area (Å²) < 4.78 is 73.2. The van der Waals surface area contributed by atoms with Gasteiger partial charge in [-0.05, 0) is 58.0 Å². The molecule has 0 aliphatic carbocycles. The number of likely N-dealkylation sites (tertiary alicyclic amines) is 1. The van der Waals surface area contributed by atoms with Crippen LogP contribution >= 0.6 is 23.2 Å². The van der Waals surface area contributed by atoms with E-state index in [9.17, 15) is 26.4 Å². The van der Waals surface area contributed by atoms with Crippen molar-refractivity contribution in [3.63, 3.8) is 0 Å². The maximum atomic E-state index is 13.5. The van der Waals surface area contributed by atoms with E-state index in [0.717, 1.165) is 45.4 Å². The zero-order valence-electron chi connectivity index (χ0n) is 21.9. The van der Waals surface area contributed by atoms with E-state index in [1.165, 1.54) is 4.31 Å². The molecule has 3 aliphatic rings. The zero-order valence-corrected chi connectivity index (χ0v) is 24.3. The number of carbonyl (C=O) groups is 1. The van der Waals surface area contributed by atoms with E-state index >= 15 is 0 Å². The normalized spacial score (nSPS) is 23.3. The van der Waals surface area contributed by atoms with Crippen LogP contribution < -0.4 is 0 Å². The molecule has 1 aromatic carbocycles. The van der Waals surface area contributed by atoms with Gasteiger partial charge in [0.25, 0.3) is 0 Å². The molecular formula is C25H35Cl2F3N4O4S. The number of halogens is 5. The summed E-state index contributed by atoms with van der Waals surface area (Å²) >= 11 is 12.0. The van der Waals surface area contributed by atoms with Gasteiger partial charge < -0.3 is 14.5 Å². The number of piperidine rings is 2. The number of hydrogen-bond donors (Lipinski definition) is 0. The standard InChI is InChI=1S/C25H35Cl2F3N4O4S/c1-31-8-5-19(6-9-31)32-10-12-33(13-11-32)23(35)17-38-16-20-4-2-3-7-34(20)39(36,37)24-21(26)14-18(15-22(24)27)25(28,29)30/h14-15,19-20H,2-13,16-17H2,1H3. The van der Waals surface area contributed by atoms with Gasteiger partial charge in [-0.25, -0.2) is 8.42 Å². The van der Waals surface area contributed by atoms with Crippen LogP contribution in [-0.4, -0.2) is 111 Å². The molecule has 1 atom stereocenters. The van der Waals surface area contributed by atoms with Crippen molar-refractivity contribution in [1.82, 2.24) is 19.0 Å². The number of piperazine rings is 1. The van der Waals surface area contributed by atoms with Crippen LogP contribution in [0.4, 0.5) is 13.2 Å². The molecule has 0 radical (unpaired) electrons. The lowest BCUT2D eigenvalue weighted by atomic mass is 10.0. The lowest BCUT2D eigenvalue weighted by Crippen LogP contribution is -2.54. The van der Waals surface area contributed by atoms with E-state index in [0.29, 0.717) is 44.1 Å². The van der Waals surface area contributed by atoms with Gasteiger partial charge in [0.2, 0.25) is 15.9 Å². The van der Waals surface area contributed by atoms with Crippen LogP contribution in [0.15, 0.2) is 17.0 Å². The van der Waals surface area contributed by atoms with Gasteiger partial charge in [0.05, 0.1) is 22.2 Å². The molecule has 14 heteroatoms. The summed E-state index contributed by atoms with van der Waals surface area (Å²) in [5.41, 5.74) is -1.12. The minimum Gasteiger partial charge on any atom is -0.370 e. The molecule has 0 spiro atoms. The predicted molar refractivity (Wildman–Crippen MR) is 142 cm³/mol. The fraction of sp³-hybridized carbons (Fsp3) is 0.720. The molecule has 0 N–H and O–H groups in total. The van der Waals surface area contributed by atoms with Crippen molar-refractivity contribution in [2.24, 2.45) is 0 Å². The van der Waals surface area contributed by atoms with E-state index in [4.69, 9.17) is 27.9 Å². The summed E-state index contributed by atoms with van der Waals surface area (Å²) in [6.07, 6.45) is -0.635. The number of hydrogen-bond acceptors (Lipinski definition) is 6. The van der Waals surface area contributed by atoms with Gasteiger partial charge in [-0.1, -0.05) is 29.6 Å². The highest BCUT2D eigenvalue weighted by Crippen LogP contribution is 2.40. The molecule has 220 valence electrons. The van der Waals surface area contributed by atoms with Crippen LogP contribution in [0.25, 0.3) is 0 Å². The maximum Gasteiger partial charge on any atom is 0.416 e. The molecule has 1 unspecified atom stereocenters. The monoisotopic (exact) mass is 614 g/mol. The molecule has 39 heavy (non-hydrogen) atoms. The van der Waals surface area contributed by atoms with E-state index in [-0.39, 0.29) is 25.7 Å². The first-order valence-electron chi connectivity index (χ1n) is 13.2. The maximum absolute atomic E-state index is 13.5. The van der Waals surface area contributed by atoms with Gasteiger partial charge >= 0.3 is 6.18 Å². The Balaban J connectivity index is 1.32. The smallest absolute Gasteiger partial charge is 0.370 e. The van der Waals surface area contributed by atoms with Crippen molar-refractivity contribution in [2.75, 3.05) is 66.1 Å². The largest absolute Gasteiger partial charge is 0.416 e. The fourth-order valence-corrected chi connectivity index (χ4v) is 8.46. The average molecular weight is 616 g/mol. The number of carbonyl (C=O) groups excluding carboxylic acids is 1. The Hall–Kier alpha value is -1.15. The van der Waals surface area contributed by atoms with Crippen LogP contribution in [0.3, 0.4) is 0 Å². The highest BCUT2D eigenvalue weighted by atomic mass is 35.5. The minimum atomic E-state index is -4.72. The van der Waals surface area contributed by atoms with Crippen molar-refractivity contribution in [3.05, 3.63) is 27.7 Å². The molecule has 1 amide bonds. The second kappa shape index (κ2) is 12.8. The summed E-state index contributed by atoms with van der Waals surface area (Å²) in [6.45, 7) is 5.04. The average Bonchev–Trinajstić information content (AvgIpc) is 2.88. The Morgan fingerprint density at radius 2 is 1.59 bits per heavy atom. The molecule has 3 saturated heterocycles. The SMILES string of the molecule is CN1CCC(N2CCN(C(=O)COCC3CCCCN3S(=O)(=O)c3c(Cl)cc(C(F)(F)F)cc3Cl)CC2)CC1. The summed E-state index contributed by atoms with van der Waals surface area (Å²) in [4.78, 5) is 18.8. The van der Waals surface area contributed by atoms with Crippen molar-refractivity contribution in [2.45, 2.75) is 55.3 Å². The molecule has 3 heterocycles. The van der Waals surface area contributed by atoms with E-state index in [1.807, 2.05) is 0 Å². The van der Waals surface area contributed by atoms with Crippen LogP contribution in [0, 0.1) is 0 Å². The van der Waals surface area contributed by atoms with Crippen LogP contribution in [0.1, 0.15) is 37.7 Å². The van der Waals surface area contributed by atoms with Crippen LogP contribution in [-0.2, 0) is 25.7 Å². The van der Waals surface area contributed by atoms with Crippen molar-refractivity contribution in [1.29, 1.82) is 0 Å². The van der Waals surface area contributed by atoms with Gasteiger partial charge in [-0.2, -0.15) is 17.5 Å². The summed E-state index contributed by atoms with van der Waals surface area (Å²) in [5, 5.41) is -1.18. The van der Waals surface area contributed by atoms with Crippen molar-refractivity contribution >= 4 is 39.1 Å². The number of amides is 1. The highest BCUT2D eigenvalue weighted by Gasteiger charge is 2.39. The first kappa shape index (κ1) is 30.8. The molecule has 3 fully saturated rings. The third-order valence-corrected chi connectivity index (χ3v) is 10.7. The van der Waals surface area contributed by atoms with Crippen molar-refractivity contribution in [3.8, 4) is 0 Å². The molecule has 1 aromatic rings. The Morgan fingerprint density at radius 3 is 2.18 bits per heavy atom. The van der Waals surface area contributed by atoms with Gasteiger partial charge in [-0.3, -0.25) is 9.69 Å². The number of benzene rings is 1.